The molecule has 1 N–H and O–H groups in total. The number of allylic oxidation sites excluding steroid dienone is 1. The van der Waals surface area contributed by atoms with E-state index in [4.69, 9.17) is 4.74 Å². The lowest BCUT2D eigenvalue weighted by molar-refractivity contribution is -0.167. The summed E-state index contributed by atoms with van der Waals surface area (Å²) in [5, 5.41) is 9.99. The number of esters is 1. The molecule has 1 aromatic heterocycles. The van der Waals surface area contributed by atoms with Crippen LogP contribution >= 0.6 is 0 Å². The number of halogens is 1. The Bertz CT molecular complexity index is 1030. The van der Waals surface area contributed by atoms with Crippen LogP contribution < -0.4 is 0 Å². The van der Waals surface area contributed by atoms with Crippen molar-refractivity contribution in [2.45, 2.75) is 33.3 Å². The number of carbonyl (C=O) groups excluding carboxylic acids is 1. The van der Waals surface area contributed by atoms with Crippen molar-refractivity contribution < 1.29 is 23.8 Å². The molecule has 6 atom stereocenters. The number of cyclic esters (lactones) is 1. The number of hydrogen-bond donors (Lipinski definition) is 1. The van der Waals surface area contributed by atoms with Gasteiger partial charge in [-0.3, -0.25) is 14.6 Å². The summed E-state index contributed by atoms with van der Waals surface area (Å²) in [6, 6.07) is 10.1. The lowest BCUT2D eigenvalue weighted by Gasteiger charge is -2.45. The first kappa shape index (κ1) is 21.2. The van der Waals surface area contributed by atoms with E-state index in [9.17, 15) is 19.1 Å². The molecule has 5 nitrogen and oxygen atoms in total. The van der Waals surface area contributed by atoms with E-state index < -0.39 is 29.4 Å². The summed E-state index contributed by atoms with van der Waals surface area (Å²) in [6.45, 7) is 5.87. The number of aliphatic carboxylic acids is 1. The van der Waals surface area contributed by atoms with Gasteiger partial charge in [-0.05, 0) is 60.9 Å². The van der Waals surface area contributed by atoms with Crippen LogP contribution in [0.15, 0.2) is 48.7 Å². The van der Waals surface area contributed by atoms with E-state index in [1.54, 1.807) is 19.2 Å². The van der Waals surface area contributed by atoms with Gasteiger partial charge in [-0.2, -0.15) is 0 Å². The zero-order valence-corrected chi connectivity index (χ0v) is 17.8. The third-order valence-electron chi connectivity index (χ3n) is 7.11. The molecule has 162 valence electrons. The monoisotopic (exact) mass is 423 g/mol. The Hall–Kier alpha value is -3.02. The molecule has 0 amide bonds. The van der Waals surface area contributed by atoms with Gasteiger partial charge in [-0.25, -0.2) is 4.39 Å². The van der Waals surface area contributed by atoms with Crippen LogP contribution in [0, 0.1) is 34.9 Å². The van der Waals surface area contributed by atoms with E-state index in [1.165, 1.54) is 12.1 Å². The molecule has 6 heteroatoms. The number of carboxylic acid groups (broad SMARTS) is 1. The van der Waals surface area contributed by atoms with Crippen molar-refractivity contribution in [3.05, 3.63) is 60.2 Å². The Morgan fingerprint density at radius 3 is 2.65 bits per heavy atom. The maximum Gasteiger partial charge on any atom is 0.324 e. The van der Waals surface area contributed by atoms with Crippen molar-refractivity contribution in [3.8, 4) is 11.1 Å². The maximum atomic E-state index is 13.5. The second-order valence-corrected chi connectivity index (χ2v) is 8.87. The molecule has 1 aromatic carbocycles. The van der Waals surface area contributed by atoms with Gasteiger partial charge in [0.15, 0.2) is 5.41 Å². The Kier molecular flexibility index (Phi) is 5.42. The number of nitrogens with zero attached hydrogens (tertiary/aromatic N) is 1. The summed E-state index contributed by atoms with van der Waals surface area (Å²) >= 11 is 0. The molecule has 2 fully saturated rings. The van der Waals surface area contributed by atoms with Crippen LogP contribution in [-0.2, 0) is 14.3 Å². The summed E-state index contributed by atoms with van der Waals surface area (Å²) in [4.78, 5) is 29.3. The molecule has 4 rings (SSSR count). The third kappa shape index (κ3) is 3.54. The molecule has 0 radical (unpaired) electrons. The number of aromatic nitrogens is 1. The molecule has 2 aromatic rings. The lowest BCUT2D eigenvalue weighted by Crippen LogP contribution is -2.52. The first-order chi connectivity index (χ1) is 14.7. The molecule has 1 saturated carbocycles. The van der Waals surface area contributed by atoms with Crippen molar-refractivity contribution in [2.75, 3.05) is 0 Å². The molecular weight excluding hydrogens is 397 g/mol. The van der Waals surface area contributed by atoms with Crippen molar-refractivity contribution in [2.24, 2.45) is 29.1 Å². The maximum absolute atomic E-state index is 13.5. The molecule has 1 aliphatic carbocycles. The van der Waals surface area contributed by atoms with Crippen LogP contribution in [0.2, 0.25) is 0 Å². The number of fused-ring (bicyclic) bond motifs is 1. The molecule has 0 unspecified atom stereocenters. The van der Waals surface area contributed by atoms with E-state index >= 15 is 0 Å². The second kappa shape index (κ2) is 7.91. The molecule has 31 heavy (non-hydrogen) atoms. The summed E-state index contributed by atoms with van der Waals surface area (Å²) in [5.41, 5.74) is 0.781. The number of rotatable bonds is 4. The second-order valence-electron chi connectivity index (χ2n) is 8.87. The highest BCUT2D eigenvalue weighted by Gasteiger charge is 2.66. The van der Waals surface area contributed by atoms with Gasteiger partial charge in [0.2, 0.25) is 0 Å². The predicted octanol–water partition coefficient (Wildman–Crippen LogP) is 4.83. The zero-order chi connectivity index (χ0) is 22.3. The van der Waals surface area contributed by atoms with E-state index in [-0.39, 0.29) is 23.6 Å². The summed E-state index contributed by atoms with van der Waals surface area (Å²) < 4.78 is 18.9. The average Bonchev–Trinajstić information content (AvgIpc) is 2.99. The first-order valence-corrected chi connectivity index (χ1v) is 10.6. The number of carboxylic acids is 1. The number of benzene rings is 1. The molecule has 0 spiro atoms. The standard InChI is InChI=1S/C25H26FNO4/c1-14-12-25(23(28)29)22(16(3)31-24(25)30)21(15(14)2)10-9-20-8-7-18(13-27-20)17-5-4-6-19(26)11-17/h4-11,13-16,21-22H,12H2,1-3H3,(H,28,29)/b10-9+/t14-,15+,16+,21-,22-,25+/m0/s1. The van der Waals surface area contributed by atoms with E-state index in [2.05, 4.69) is 11.9 Å². The minimum Gasteiger partial charge on any atom is -0.480 e. The Labute approximate surface area is 181 Å². The van der Waals surface area contributed by atoms with Crippen LogP contribution in [0.3, 0.4) is 0 Å². The van der Waals surface area contributed by atoms with Gasteiger partial charge in [-0.15, -0.1) is 0 Å². The van der Waals surface area contributed by atoms with Crippen molar-refractivity contribution in [1.82, 2.24) is 4.98 Å². The fourth-order valence-electron chi connectivity index (χ4n) is 5.31. The number of carbonyl (C=O) groups is 2. The minimum atomic E-state index is -1.49. The molecule has 1 aliphatic heterocycles. The third-order valence-corrected chi connectivity index (χ3v) is 7.11. The van der Waals surface area contributed by atoms with Crippen LogP contribution in [-0.4, -0.2) is 28.1 Å². The minimum absolute atomic E-state index is 0.0585. The highest BCUT2D eigenvalue weighted by atomic mass is 19.1. The SMILES string of the molecule is C[C@H]1[C@H](/C=C/c2ccc(-c3cccc(F)c3)cn2)[C@@H]2[C@@H](C)OC(=O)[C@]2(C(=O)O)C[C@@H]1C. The van der Waals surface area contributed by atoms with E-state index in [0.717, 1.165) is 11.1 Å². The predicted molar refractivity (Wildman–Crippen MR) is 114 cm³/mol. The molecule has 0 bridgehead atoms. The normalized spacial score (nSPS) is 32.6. The fourth-order valence-corrected chi connectivity index (χ4v) is 5.31. The van der Waals surface area contributed by atoms with E-state index in [0.29, 0.717) is 12.1 Å². The van der Waals surface area contributed by atoms with E-state index in [1.807, 2.05) is 37.3 Å². The van der Waals surface area contributed by atoms with Crippen LogP contribution in [0.5, 0.6) is 0 Å². The van der Waals surface area contributed by atoms with Crippen molar-refractivity contribution in [1.29, 1.82) is 0 Å². The van der Waals surface area contributed by atoms with Crippen LogP contribution in [0.25, 0.3) is 17.2 Å². The van der Waals surface area contributed by atoms with Gasteiger partial charge in [0.05, 0.1) is 5.69 Å². The Morgan fingerprint density at radius 1 is 1.23 bits per heavy atom. The van der Waals surface area contributed by atoms with Gasteiger partial charge in [0, 0.05) is 17.7 Å². The molecule has 2 aliphatic rings. The Balaban J connectivity index is 1.62. The summed E-state index contributed by atoms with van der Waals surface area (Å²) in [5.74, 6) is -2.32. The van der Waals surface area contributed by atoms with Crippen LogP contribution in [0.1, 0.15) is 32.9 Å². The number of pyridine rings is 1. The lowest BCUT2D eigenvalue weighted by atomic mass is 9.55. The first-order valence-electron chi connectivity index (χ1n) is 10.6. The highest BCUT2D eigenvalue weighted by Crippen LogP contribution is 2.56. The zero-order valence-electron chi connectivity index (χ0n) is 17.8. The smallest absolute Gasteiger partial charge is 0.324 e. The summed E-state index contributed by atoms with van der Waals surface area (Å²) in [7, 11) is 0. The quantitative estimate of drug-likeness (QED) is 0.563. The summed E-state index contributed by atoms with van der Waals surface area (Å²) in [6.07, 6.45) is 5.37. The number of hydrogen-bond acceptors (Lipinski definition) is 4. The Morgan fingerprint density at radius 2 is 2.00 bits per heavy atom. The average molecular weight is 423 g/mol. The van der Waals surface area contributed by atoms with Gasteiger partial charge in [0.25, 0.3) is 0 Å². The van der Waals surface area contributed by atoms with Crippen molar-refractivity contribution >= 4 is 18.0 Å². The molecular formula is C25H26FNO4. The van der Waals surface area contributed by atoms with Gasteiger partial charge in [-0.1, -0.05) is 38.1 Å². The highest BCUT2D eigenvalue weighted by molar-refractivity contribution is 6.01. The van der Waals surface area contributed by atoms with Crippen molar-refractivity contribution in [3.63, 3.8) is 0 Å². The molecule has 2 heterocycles. The largest absolute Gasteiger partial charge is 0.480 e. The number of ether oxygens (including phenoxy) is 1. The van der Waals surface area contributed by atoms with Gasteiger partial charge >= 0.3 is 11.9 Å². The topological polar surface area (TPSA) is 76.5 Å². The molecule has 1 saturated heterocycles. The van der Waals surface area contributed by atoms with Gasteiger partial charge < -0.3 is 9.84 Å². The fraction of sp³-hybridized carbons (Fsp3) is 0.400. The van der Waals surface area contributed by atoms with Crippen LogP contribution in [0.4, 0.5) is 4.39 Å². The van der Waals surface area contributed by atoms with Gasteiger partial charge in [0.1, 0.15) is 11.9 Å².